The Labute approximate surface area is 88.5 Å². The third-order valence-corrected chi connectivity index (χ3v) is 2.44. The maximum Gasteiger partial charge on any atom is 0.240 e. The number of hydrogen-bond acceptors (Lipinski definition) is 4. The molecule has 0 aliphatic rings. The topological polar surface area (TPSA) is 59.5 Å². The van der Waals surface area contributed by atoms with E-state index in [1.807, 2.05) is 18.2 Å². The van der Waals surface area contributed by atoms with Gasteiger partial charge in [0.15, 0.2) is 5.65 Å². The Balaban J connectivity index is 2.58. The van der Waals surface area contributed by atoms with Gasteiger partial charge >= 0.3 is 0 Å². The van der Waals surface area contributed by atoms with Crippen molar-refractivity contribution in [3.05, 3.63) is 18.2 Å². The van der Waals surface area contributed by atoms with Gasteiger partial charge in [-0.05, 0) is 26.0 Å². The van der Waals surface area contributed by atoms with Crippen molar-refractivity contribution in [3.8, 4) is 0 Å². The first-order valence-corrected chi connectivity index (χ1v) is 5.12. The highest BCUT2D eigenvalue weighted by Crippen LogP contribution is 2.15. The highest BCUT2D eigenvalue weighted by molar-refractivity contribution is 5.52. The number of rotatable bonds is 3. The molecule has 2 aromatic rings. The molecule has 0 saturated heterocycles. The van der Waals surface area contributed by atoms with E-state index in [9.17, 15) is 0 Å². The lowest BCUT2D eigenvalue weighted by molar-refractivity contribution is 0.807. The molecule has 2 rings (SSSR count). The van der Waals surface area contributed by atoms with Crippen LogP contribution in [0.5, 0.6) is 0 Å². The van der Waals surface area contributed by atoms with Crippen LogP contribution in [0.1, 0.15) is 13.8 Å². The van der Waals surface area contributed by atoms with E-state index in [1.165, 1.54) is 0 Å². The van der Waals surface area contributed by atoms with Crippen LogP contribution in [-0.2, 0) is 0 Å². The summed E-state index contributed by atoms with van der Waals surface area (Å²) in [6, 6.07) is 5.89. The van der Waals surface area contributed by atoms with Crippen LogP contribution in [0, 0.1) is 0 Å². The van der Waals surface area contributed by atoms with Gasteiger partial charge in [0.05, 0.1) is 0 Å². The minimum absolute atomic E-state index is 0.314. The summed E-state index contributed by atoms with van der Waals surface area (Å²) in [6.45, 7) is 6.11. The molecule has 0 radical (unpaired) electrons. The zero-order valence-corrected chi connectivity index (χ0v) is 9.01. The van der Waals surface area contributed by atoms with E-state index in [0.717, 1.165) is 24.6 Å². The summed E-state index contributed by atoms with van der Waals surface area (Å²) >= 11 is 0. The smallest absolute Gasteiger partial charge is 0.240 e. The third kappa shape index (κ3) is 1.60. The zero-order chi connectivity index (χ0) is 10.8. The van der Waals surface area contributed by atoms with Gasteiger partial charge in [0.1, 0.15) is 5.82 Å². The summed E-state index contributed by atoms with van der Waals surface area (Å²) in [5.41, 5.74) is 6.37. The number of pyridine rings is 1. The Bertz CT molecular complexity index is 458. The zero-order valence-electron chi connectivity index (χ0n) is 9.01. The monoisotopic (exact) mass is 205 g/mol. The number of nitrogens with two attached hydrogens (primary N) is 1. The fourth-order valence-electron chi connectivity index (χ4n) is 1.70. The van der Waals surface area contributed by atoms with Gasteiger partial charge in [-0.1, -0.05) is 6.07 Å². The average Bonchev–Trinajstić information content (AvgIpc) is 2.61. The lowest BCUT2D eigenvalue weighted by Crippen LogP contribution is -2.24. The number of fused-ring (bicyclic) bond motifs is 1. The first kappa shape index (κ1) is 9.76. The van der Waals surface area contributed by atoms with Gasteiger partial charge in [-0.3, -0.25) is 0 Å². The average molecular weight is 205 g/mol. The fraction of sp³-hybridized carbons (Fsp3) is 0.400. The van der Waals surface area contributed by atoms with Crippen molar-refractivity contribution in [1.29, 1.82) is 0 Å². The summed E-state index contributed by atoms with van der Waals surface area (Å²) in [5.74, 6) is 1.34. The number of anilines is 2. The Morgan fingerprint density at radius 3 is 2.73 bits per heavy atom. The normalized spacial score (nSPS) is 10.8. The molecule has 5 heteroatoms. The van der Waals surface area contributed by atoms with Gasteiger partial charge in [-0.2, -0.15) is 9.50 Å². The first-order chi connectivity index (χ1) is 7.26. The number of hydrogen-bond donors (Lipinski definition) is 1. The summed E-state index contributed by atoms with van der Waals surface area (Å²) in [6.07, 6.45) is 0. The molecule has 0 aliphatic carbocycles. The van der Waals surface area contributed by atoms with E-state index in [1.54, 1.807) is 4.52 Å². The maximum atomic E-state index is 5.58. The van der Waals surface area contributed by atoms with E-state index in [4.69, 9.17) is 5.73 Å². The van der Waals surface area contributed by atoms with E-state index < -0.39 is 0 Å². The lowest BCUT2D eigenvalue weighted by Gasteiger charge is -2.20. The van der Waals surface area contributed by atoms with Crippen molar-refractivity contribution < 1.29 is 0 Å². The molecule has 0 unspecified atom stereocenters. The summed E-state index contributed by atoms with van der Waals surface area (Å²) < 4.78 is 1.78. The first-order valence-electron chi connectivity index (χ1n) is 5.12. The minimum Gasteiger partial charge on any atom is -0.366 e. The predicted octanol–water partition coefficient (Wildman–Crippen LogP) is 1.16. The van der Waals surface area contributed by atoms with Crippen LogP contribution in [0.3, 0.4) is 0 Å². The van der Waals surface area contributed by atoms with Gasteiger partial charge in [-0.25, -0.2) is 0 Å². The SMILES string of the molecule is CCN(CC)c1cccc2nc(N)nn12. The van der Waals surface area contributed by atoms with Gasteiger partial charge in [0, 0.05) is 13.1 Å². The van der Waals surface area contributed by atoms with E-state index >= 15 is 0 Å². The van der Waals surface area contributed by atoms with Crippen LogP contribution in [0.25, 0.3) is 5.65 Å². The molecule has 0 amide bonds. The second-order valence-electron chi connectivity index (χ2n) is 3.30. The van der Waals surface area contributed by atoms with Gasteiger partial charge in [0.2, 0.25) is 5.95 Å². The van der Waals surface area contributed by atoms with Crippen LogP contribution >= 0.6 is 0 Å². The minimum atomic E-state index is 0.314. The van der Waals surface area contributed by atoms with Crippen LogP contribution in [0.4, 0.5) is 11.8 Å². The molecule has 0 fully saturated rings. The van der Waals surface area contributed by atoms with Crippen LogP contribution in [0.15, 0.2) is 18.2 Å². The molecule has 0 aliphatic heterocycles. The summed E-state index contributed by atoms with van der Waals surface area (Å²) in [5, 5.41) is 4.17. The van der Waals surface area contributed by atoms with Crippen LogP contribution < -0.4 is 10.6 Å². The molecule has 80 valence electrons. The molecule has 2 heterocycles. The van der Waals surface area contributed by atoms with Crippen LogP contribution in [-0.4, -0.2) is 27.7 Å². The van der Waals surface area contributed by atoms with E-state index in [0.29, 0.717) is 5.95 Å². The molecule has 2 aromatic heterocycles. The van der Waals surface area contributed by atoms with Crippen molar-refractivity contribution in [2.24, 2.45) is 0 Å². The highest BCUT2D eigenvalue weighted by Gasteiger charge is 2.08. The van der Waals surface area contributed by atoms with Gasteiger partial charge < -0.3 is 10.6 Å². The molecule has 5 nitrogen and oxygen atoms in total. The van der Waals surface area contributed by atoms with E-state index in [-0.39, 0.29) is 0 Å². The summed E-state index contributed by atoms with van der Waals surface area (Å²) in [7, 11) is 0. The molecule has 0 bridgehead atoms. The molecular weight excluding hydrogens is 190 g/mol. The molecule has 2 N–H and O–H groups in total. The standard InChI is InChI=1S/C10H15N5/c1-3-14(4-2)9-7-5-6-8-12-10(11)13-15(8)9/h5-7H,3-4H2,1-2H3,(H2,11,13). The van der Waals surface area contributed by atoms with E-state index in [2.05, 4.69) is 28.8 Å². The highest BCUT2D eigenvalue weighted by atomic mass is 15.4. The second kappa shape index (κ2) is 3.76. The molecule has 0 atom stereocenters. The fourth-order valence-corrected chi connectivity index (χ4v) is 1.70. The van der Waals surface area contributed by atoms with Crippen molar-refractivity contribution in [2.75, 3.05) is 23.7 Å². The quantitative estimate of drug-likeness (QED) is 0.816. The second-order valence-corrected chi connectivity index (χ2v) is 3.30. The maximum absolute atomic E-state index is 5.58. The van der Waals surface area contributed by atoms with Crippen molar-refractivity contribution >= 4 is 17.4 Å². The van der Waals surface area contributed by atoms with Crippen LogP contribution in [0.2, 0.25) is 0 Å². The Hall–Kier alpha value is -1.78. The van der Waals surface area contributed by atoms with Gasteiger partial charge in [0.25, 0.3) is 0 Å². The number of aromatic nitrogens is 3. The van der Waals surface area contributed by atoms with Crippen molar-refractivity contribution in [1.82, 2.24) is 14.6 Å². The molecule has 0 aromatic carbocycles. The molecular formula is C10H15N5. The Kier molecular flexibility index (Phi) is 2.45. The Morgan fingerprint density at radius 1 is 1.33 bits per heavy atom. The Morgan fingerprint density at radius 2 is 2.07 bits per heavy atom. The van der Waals surface area contributed by atoms with Crippen molar-refractivity contribution in [2.45, 2.75) is 13.8 Å². The molecule has 0 spiro atoms. The third-order valence-electron chi connectivity index (χ3n) is 2.44. The number of nitrogen functional groups attached to an aromatic ring is 1. The predicted molar refractivity (Wildman–Crippen MR) is 61.0 cm³/mol. The van der Waals surface area contributed by atoms with Crippen molar-refractivity contribution in [3.63, 3.8) is 0 Å². The van der Waals surface area contributed by atoms with Gasteiger partial charge in [-0.15, -0.1) is 5.10 Å². The molecule has 0 saturated carbocycles. The summed E-state index contributed by atoms with van der Waals surface area (Å²) in [4.78, 5) is 6.34. The lowest BCUT2D eigenvalue weighted by atomic mass is 10.4. The number of nitrogens with zero attached hydrogens (tertiary/aromatic N) is 4. The largest absolute Gasteiger partial charge is 0.366 e. The molecule has 15 heavy (non-hydrogen) atoms.